The minimum atomic E-state index is -0.581. The normalized spacial score (nSPS) is 14.5. The SMILES string of the molecule is O=C(CCCCCCCCC(=O)ON1C(=O)CCC1=O)CCOCCCOCCC(=O)NCCCCCCCC(=O)ON1C(=O)CCC1=O. The van der Waals surface area contributed by atoms with Crippen molar-refractivity contribution in [3.05, 3.63) is 0 Å². The van der Waals surface area contributed by atoms with Crippen molar-refractivity contribution in [1.82, 2.24) is 15.4 Å². The summed E-state index contributed by atoms with van der Waals surface area (Å²) in [6, 6.07) is 0. The number of carbonyl (C=O) groups is 8. The van der Waals surface area contributed by atoms with Crippen LogP contribution in [0, 0.1) is 0 Å². The largest absolute Gasteiger partial charge is 0.381 e. The molecule has 2 aliphatic rings. The van der Waals surface area contributed by atoms with Crippen molar-refractivity contribution in [2.45, 2.75) is 135 Å². The van der Waals surface area contributed by atoms with E-state index in [9.17, 15) is 38.4 Å². The van der Waals surface area contributed by atoms with Gasteiger partial charge in [-0.1, -0.05) is 44.9 Å². The van der Waals surface area contributed by atoms with Gasteiger partial charge in [-0.05, 0) is 32.1 Å². The summed E-state index contributed by atoms with van der Waals surface area (Å²) in [5, 5.41) is 4.00. The highest BCUT2D eigenvalue weighted by molar-refractivity contribution is 6.02. The topological polar surface area (TPSA) is 192 Å². The van der Waals surface area contributed by atoms with Crippen LogP contribution in [0.5, 0.6) is 0 Å². The van der Waals surface area contributed by atoms with Gasteiger partial charge in [-0.3, -0.25) is 28.8 Å². The van der Waals surface area contributed by atoms with E-state index in [0.717, 1.165) is 57.8 Å². The van der Waals surface area contributed by atoms with Gasteiger partial charge in [0.2, 0.25) is 5.91 Å². The Morgan fingerprint density at radius 3 is 1.37 bits per heavy atom. The molecule has 15 nitrogen and oxygen atoms in total. The molecule has 0 unspecified atom stereocenters. The summed E-state index contributed by atoms with van der Waals surface area (Å²) in [5.41, 5.74) is 0. The first-order valence-electron chi connectivity index (χ1n) is 17.7. The molecule has 1 N–H and O–H groups in total. The number of ketones is 1. The van der Waals surface area contributed by atoms with Gasteiger partial charge in [0.25, 0.3) is 23.6 Å². The Bertz CT molecular complexity index is 996. The third-order valence-electron chi connectivity index (χ3n) is 7.94. The monoisotopic (exact) mass is 695 g/mol. The lowest BCUT2D eigenvalue weighted by atomic mass is 10.1. The molecule has 0 radical (unpaired) electrons. The molecule has 49 heavy (non-hydrogen) atoms. The molecule has 0 saturated carbocycles. The lowest BCUT2D eigenvalue weighted by Crippen LogP contribution is -2.31. The average Bonchev–Trinajstić information content (AvgIpc) is 3.56. The van der Waals surface area contributed by atoms with Crippen LogP contribution in [0.15, 0.2) is 0 Å². The second-order valence-corrected chi connectivity index (χ2v) is 12.2. The second kappa shape index (κ2) is 25.3. The third-order valence-corrected chi connectivity index (χ3v) is 7.94. The number of hydroxylamine groups is 4. The minimum absolute atomic E-state index is 0.0716. The van der Waals surface area contributed by atoms with Crippen molar-refractivity contribution >= 4 is 47.3 Å². The molecular weight excluding hydrogens is 642 g/mol. The molecule has 2 rings (SSSR count). The molecule has 2 fully saturated rings. The number of unbranched alkanes of at least 4 members (excludes halogenated alkanes) is 9. The van der Waals surface area contributed by atoms with Crippen LogP contribution in [0.4, 0.5) is 0 Å². The molecular formula is C34H53N3O12. The summed E-state index contributed by atoms with van der Waals surface area (Å²) in [4.78, 5) is 103. The maximum atomic E-state index is 12.0. The molecule has 15 heteroatoms. The molecule has 0 aliphatic carbocycles. The van der Waals surface area contributed by atoms with Crippen LogP contribution >= 0.6 is 0 Å². The van der Waals surface area contributed by atoms with Crippen molar-refractivity contribution in [3.8, 4) is 0 Å². The van der Waals surface area contributed by atoms with E-state index >= 15 is 0 Å². The molecule has 276 valence electrons. The van der Waals surface area contributed by atoms with Gasteiger partial charge < -0.3 is 24.5 Å². The van der Waals surface area contributed by atoms with E-state index in [4.69, 9.17) is 19.1 Å². The first-order valence-corrected chi connectivity index (χ1v) is 17.7. The van der Waals surface area contributed by atoms with E-state index < -0.39 is 35.6 Å². The molecule has 2 heterocycles. The zero-order valence-electron chi connectivity index (χ0n) is 28.7. The predicted molar refractivity (Wildman–Crippen MR) is 173 cm³/mol. The van der Waals surface area contributed by atoms with Crippen LogP contribution < -0.4 is 5.32 Å². The van der Waals surface area contributed by atoms with E-state index in [0.29, 0.717) is 75.2 Å². The molecule has 5 amide bonds. The van der Waals surface area contributed by atoms with E-state index in [1.807, 2.05) is 0 Å². The molecule has 0 aromatic rings. The van der Waals surface area contributed by atoms with Crippen molar-refractivity contribution in [2.24, 2.45) is 0 Å². The van der Waals surface area contributed by atoms with Gasteiger partial charge in [-0.2, -0.15) is 0 Å². The smallest absolute Gasteiger partial charge is 0.333 e. The number of nitrogens with zero attached hydrogens (tertiary/aromatic N) is 2. The van der Waals surface area contributed by atoms with Crippen LogP contribution in [0.3, 0.4) is 0 Å². The standard InChI is InChI=1S/C34H53N3O12/c38-27(13-8-4-1-2-5-9-14-33(44)48-36-29(40)16-17-30(36)41)20-25-46-23-12-24-47-26-21-28(39)35-22-11-7-3-6-10-15-34(45)49-37-31(42)18-19-32(37)43/h1-26H2,(H,35,39). The highest BCUT2D eigenvalue weighted by Gasteiger charge is 2.33. The number of hydrogen-bond acceptors (Lipinski definition) is 12. The minimum Gasteiger partial charge on any atom is -0.381 e. The molecule has 0 bridgehead atoms. The number of nitrogens with one attached hydrogen (secondary N) is 1. The van der Waals surface area contributed by atoms with Crippen molar-refractivity contribution in [1.29, 1.82) is 0 Å². The van der Waals surface area contributed by atoms with E-state index in [1.54, 1.807) is 0 Å². The lowest BCUT2D eigenvalue weighted by molar-refractivity contribution is -0.197. The number of amides is 5. The van der Waals surface area contributed by atoms with Gasteiger partial charge in [-0.25, -0.2) is 9.59 Å². The van der Waals surface area contributed by atoms with Crippen LogP contribution in [0.1, 0.15) is 135 Å². The summed E-state index contributed by atoms with van der Waals surface area (Å²) >= 11 is 0. The van der Waals surface area contributed by atoms with Gasteiger partial charge >= 0.3 is 11.9 Å². The predicted octanol–water partition coefficient (Wildman–Crippen LogP) is 3.55. The molecule has 0 aromatic carbocycles. The number of rotatable bonds is 29. The summed E-state index contributed by atoms with van der Waals surface area (Å²) in [6.07, 6.45) is 11.6. The van der Waals surface area contributed by atoms with Gasteiger partial charge in [0.15, 0.2) is 0 Å². The molecule has 2 aliphatic heterocycles. The van der Waals surface area contributed by atoms with Gasteiger partial charge in [0, 0.05) is 77.5 Å². The average molecular weight is 696 g/mol. The Hall–Kier alpha value is -3.72. The van der Waals surface area contributed by atoms with Crippen LogP contribution in [0.2, 0.25) is 0 Å². The Morgan fingerprint density at radius 1 is 0.469 bits per heavy atom. The van der Waals surface area contributed by atoms with E-state index in [-0.39, 0.29) is 56.6 Å². The zero-order valence-corrected chi connectivity index (χ0v) is 28.7. The van der Waals surface area contributed by atoms with Gasteiger partial charge in [-0.15, -0.1) is 10.1 Å². The summed E-state index contributed by atoms with van der Waals surface area (Å²) in [7, 11) is 0. The first kappa shape index (κ1) is 41.5. The van der Waals surface area contributed by atoms with Crippen LogP contribution in [0.25, 0.3) is 0 Å². The maximum Gasteiger partial charge on any atom is 0.333 e. The molecule has 2 saturated heterocycles. The van der Waals surface area contributed by atoms with Gasteiger partial charge in [0.1, 0.15) is 5.78 Å². The van der Waals surface area contributed by atoms with E-state index in [2.05, 4.69) is 5.32 Å². The fourth-order valence-electron chi connectivity index (χ4n) is 5.09. The Kier molecular flexibility index (Phi) is 21.4. The van der Waals surface area contributed by atoms with Crippen molar-refractivity contribution in [3.63, 3.8) is 0 Å². The summed E-state index contributed by atoms with van der Waals surface area (Å²) < 4.78 is 11.0. The Labute approximate surface area is 287 Å². The number of ether oxygens (including phenoxy) is 2. The number of Topliss-reactive ketones (excluding diaryl/α,β-unsaturated/α-hetero) is 1. The van der Waals surface area contributed by atoms with Crippen LogP contribution in [-0.2, 0) is 57.5 Å². The summed E-state index contributed by atoms with van der Waals surface area (Å²) in [5.74, 6) is -2.97. The van der Waals surface area contributed by atoms with E-state index in [1.165, 1.54) is 0 Å². The number of imide groups is 2. The first-order chi connectivity index (χ1) is 23.7. The highest BCUT2D eigenvalue weighted by atomic mass is 16.7. The fourth-order valence-corrected chi connectivity index (χ4v) is 5.09. The second-order valence-electron chi connectivity index (χ2n) is 12.2. The lowest BCUT2D eigenvalue weighted by Gasteiger charge is -2.12. The van der Waals surface area contributed by atoms with Crippen LogP contribution in [-0.4, -0.2) is 90.4 Å². The number of carbonyl (C=O) groups excluding carboxylic acids is 8. The van der Waals surface area contributed by atoms with Crippen molar-refractivity contribution in [2.75, 3.05) is 33.0 Å². The highest BCUT2D eigenvalue weighted by Crippen LogP contribution is 2.15. The fraction of sp³-hybridized carbons (Fsp3) is 0.765. The molecule has 0 spiro atoms. The summed E-state index contributed by atoms with van der Waals surface area (Å²) in [6.45, 7) is 2.23. The Balaban J connectivity index is 1.26. The Morgan fingerprint density at radius 2 is 0.878 bits per heavy atom. The van der Waals surface area contributed by atoms with Crippen molar-refractivity contribution < 1.29 is 57.5 Å². The quantitative estimate of drug-likeness (QED) is 0.0885. The zero-order chi connectivity index (χ0) is 35.7. The molecule has 0 atom stereocenters. The number of hydrogen-bond donors (Lipinski definition) is 1. The maximum absolute atomic E-state index is 12.0. The molecule has 0 aromatic heterocycles. The van der Waals surface area contributed by atoms with Gasteiger partial charge in [0.05, 0.1) is 13.2 Å². The third kappa shape index (κ3) is 19.2.